The standard InChI is InChI=1S/C30H22O/c31-30-17-15-23(16-18-30)25-10-5-12-27(20-25)29-14-6-13-28(21-29)26-11-4-9-24(19-26)22-7-2-1-3-8-22/h1-21,31H. The van der Waals surface area contributed by atoms with Crippen molar-refractivity contribution in [3.05, 3.63) is 127 Å². The highest BCUT2D eigenvalue weighted by molar-refractivity contribution is 5.79. The molecule has 31 heavy (non-hydrogen) atoms. The molecule has 5 rings (SSSR count). The smallest absolute Gasteiger partial charge is 0.115 e. The van der Waals surface area contributed by atoms with E-state index in [1.54, 1.807) is 12.1 Å². The van der Waals surface area contributed by atoms with Crippen LogP contribution in [-0.4, -0.2) is 5.11 Å². The summed E-state index contributed by atoms with van der Waals surface area (Å²) in [5.41, 5.74) is 9.43. The van der Waals surface area contributed by atoms with E-state index in [1.807, 2.05) is 18.2 Å². The number of benzene rings is 5. The van der Waals surface area contributed by atoms with E-state index in [2.05, 4.69) is 97.1 Å². The lowest BCUT2D eigenvalue weighted by atomic mass is 9.95. The van der Waals surface area contributed by atoms with E-state index in [1.165, 1.54) is 33.4 Å². The molecule has 0 bridgehead atoms. The average molecular weight is 399 g/mol. The molecule has 0 aliphatic rings. The summed E-state index contributed by atoms with van der Waals surface area (Å²) in [5, 5.41) is 9.57. The van der Waals surface area contributed by atoms with Gasteiger partial charge in [0.2, 0.25) is 0 Å². The fraction of sp³-hybridized carbons (Fsp3) is 0. The van der Waals surface area contributed by atoms with Crippen LogP contribution < -0.4 is 0 Å². The van der Waals surface area contributed by atoms with Gasteiger partial charge in [0.05, 0.1) is 0 Å². The minimum Gasteiger partial charge on any atom is -0.508 e. The molecule has 0 saturated heterocycles. The summed E-state index contributed by atoms with van der Waals surface area (Å²) in [6.45, 7) is 0. The average Bonchev–Trinajstić information content (AvgIpc) is 2.85. The first kappa shape index (κ1) is 18.9. The second kappa shape index (κ2) is 8.33. The predicted molar refractivity (Wildman–Crippen MR) is 130 cm³/mol. The van der Waals surface area contributed by atoms with Crippen LogP contribution in [0.5, 0.6) is 5.75 Å². The van der Waals surface area contributed by atoms with Gasteiger partial charge in [-0.05, 0) is 74.8 Å². The number of aromatic hydroxyl groups is 1. The van der Waals surface area contributed by atoms with Crippen LogP contribution in [0, 0.1) is 0 Å². The summed E-state index contributed by atoms with van der Waals surface area (Å²) < 4.78 is 0. The maximum absolute atomic E-state index is 9.57. The van der Waals surface area contributed by atoms with Crippen LogP contribution >= 0.6 is 0 Å². The second-order valence-corrected chi connectivity index (χ2v) is 7.66. The molecule has 5 aromatic carbocycles. The van der Waals surface area contributed by atoms with Gasteiger partial charge in [0.15, 0.2) is 0 Å². The molecule has 148 valence electrons. The Morgan fingerprint density at radius 2 is 0.613 bits per heavy atom. The lowest BCUT2D eigenvalue weighted by molar-refractivity contribution is 0.475. The number of phenols is 1. The van der Waals surface area contributed by atoms with Crippen molar-refractivity contribution in [2.45, 2.75) is 0 Å². The summed E-state index contributed by atoms with van der Waals surface area (Å²) >= 11 is 0. The summed E-state index contributed by atoms with van der Waals surface area (Å²) in [5.74, 6) is 0.283. The van der Waals surface area contributed by atoms with Crippen LogP contribution in [0.25, 0.3) is 44.5 Å². The van der Waals surface area contributed by atoms with Crippen molar-refractivity contribution in [1.29, 1.82) is 0 Å². The highest BCUT2D eigenvalue weighted by Crippen LogP contribution is 2.31. The zero-order valence-corrected chi connectivity index (χ0v) is 17.1. The molecule has 0 unspecified atom stereocenters. The molecule has 0 heterocycles. The highest BCUT2D eigenvalue weighted by Gasteiger charge is 2.06. The van der Waals surface area contributed by atoms with E-state index in [4.69, 9.17) is 0 Å². The van der Waals surface area contributed by atoms with Gasteiger partial charge in [-0.3, -0.25) is 0 Å². The molecule has 0 radical (unpaired) electrons. The van der Waals surface area contributed by atoms with Crippen molar-refractivity contribution < 1.29 is 5.11 Å². The Morgan fingerprint density at radius 3 is 1.03 bits per heavy atom. The Morgan fingerprint density at radius 1 is 0.290 bits per heavy atom. The third kappa shape index (κ3) is 4.12. The van der Waals surface area contributed by atoms with Crippen LogP contribution in [-0.2, 0) is 0 Å². The van der Waals surface area contributed by atoms with Gasteiger partial charge in [-0.1, -0.05) is 97.1 Å². The lowest BCUT2D eigenvalue weighted by Crippen LogP contribution is -1.84. The molecule has 1 N–H and O–H groups in total. The summed E-state index contributed by atoms with van der Waals surface area (Å²) in [4.78, 5) is 0. The molecule has 0 amide bonds. The van der Waals surface area contributed by atoms with E-state index < -0.39 is 0 Å². The Kier molecular flexibility index (Phi) is 5.08. The normalized spacial score (nSPS) is 10.7. The van der Waals surface area contributed by atoms with Crippen molar-refractivity contribution in [1.82, 2.24) is 0 Å². The molecule has 0 atom stereocenters. The van der Waals surface area contributed by atoms with Crippen molar-refractivity contribution in [2.75, 3.05) is 0 Å². The first-order chi connectivity index (χ1) is 15.3. The molecule has 0 spiro atoms. The molecular formula is C30H22O. The molecule has 0 saturated carbocycles. The number of hydrogen-bond acceptors (Lipinski definition) is 1. The Hall–Kier alpha value is -4.10. The molecule has 0 aliphatic carbocycles. The van der Waals surface area contributed by atoms with Gasteiger partial charge in [0.1, 0.15) is 5.75 Å². The van der Waals surface area contributed by atoms with E-state index in [9.17, 15) is 5.11 Å². The SMILES string of the molecule is Oc1ccc(-c2cccc(-c3cccc(-c4cccc(-c5ccccc5)c4)c3)c2)cc1. The van der Waals surface area contributed by atoms with E-state index in [0.717, 1.165) is 11.1 Å². The fourth-order valence-electron chi connectivity index (χ4n) is 3.92. The molecule has 0 aromatic heterocycles. The fourth-order valence-corrected chi connectivity index (χ4v) is 3.92. The van der Waals surface area contributed by atoms with E-state index in [0.29, 0.717) is 0 Å². The lowest BCUT2D eigenvalue weighted by Gasteiger charge is -2.10. The van der Waals surface area contributed by atoms with Crippen LogP contribution in [0.1, 0.15) is 0 Å². The van der Waals surface area contributed by atoms with Crippen LogP contribution in [0.4, 0.5) is 0 Å². The Bertz CT molecular complexity index is 1320. The first-order valence-corrected chi connectivity index (χ1v) is 10.4. The minimum absolute atomic E-state index is 0.283. The monoisotopic (exact) mass is 398 g/mol. The van der Waals surface area contributed by atoms with Gasteiger partial charge in [0, 0.05) is 0 Å². The van der Waals surface area contributed by atoms with Crippen molar-refractivity contribution >= 4 is 0 Å². The maximum Gasteiger partial charge on any atom is 0.115 e. The predicted octanol–water partition coefficient (Wildman–Crippen LogP) is 8.06. The van der Waals surface area contributed by atoms with Gasteiger partial charge < -0.3 is 5.11 Å². The van der Waals surface area contributed by atoms with Gasteiger partial charge in [-0.25, -0.2) is 0 Å². The third-order valence-corrected chi connectivity index (χ3v) is 5.56. The largest absolute Gasteiger partial charge is 0.508 e. The van der Waals surface area contributed by atoms with Crippen molar-refractivity contribution in [3.63, 3.8) is 0 Å². The van der Waals surface area contributed by atoms with Crippen LogP contribution in [0.3, 0.4) is 0 Å². The quantitative estimate of drug-likeness (QED) is 0.324. The summed E-state index contributed by atoms with van der Waals surface area (Å²) in [6.07, 6.45) is 0. The Balaban J connectivity index is 1.50. The molecular weight excluding hydrogens is 376 g/mol. The van der Waals surface area contributed by atoms with E-state index in [-0.39, 0.29) is 5.75 Å². The summed E-state index contributed by atoms with van der Waals surface area (Å²) in [7, 11) is 0. The molecule has 0 fully saturated rings. The van der Waals surface area contributed by atoms with Gasteiger partial charge in [-0.2, -0.15) is 0 Å². The maximum atomic E-state index is 9.57. The highest BCUT2D eigenvalue weighted by atomic mass is 16.3. The van der Waals surface area contributed by atoms with Crippen LogP contribution in [0.2, 0.25) is 0 Å². The van der Waals surface area contributed by atoms with Gasteiger partial charge in [0.25, 0.3) is 0 Å². The Labute approximate surface area is 182 Å². The topological polar surface area (TPSA) is 20.2 Å². The number of phenolic OH excluding ortho intramolecular Hbond substituents is 1. The number of rotatable bonds is 4. The zero-order valence-electron chi connectivity index (χ0n) is 17.1. The third-order valence-electron chi connectivity index (χ3n) is 5.56. The molecule has 5 aromatic rings. The zero-order chi connectivity index (χ0) is 21.0. The minimum atomic E-state index is 0.283. The van der Waals surface area contributed by atoms with Crippen LogP contribution in [0.15, 0.2) is 127 Å². The molecule has 0 aliphatic heterocycles. The number of hydrogen-bond donors (Lipinski definition) is 1. The van der Waals surface area contributed by atoms with E-state index >= 15 is 0 Å². The summed E-state index contributed by atoms with van der Waals surface area (Å²) in [6, 6.07) is 43.7. The van der Waals surface area contributed by atoms with Crippen molar-refractivity contribution in [3.8, 4) is 50.3 Å². The molecule has 1 heteroatoms. The van der Waals surface area contributed by atoms with Crippen molar-refractivity contribution in [2.24, 2.45) is 0 Å². The van der Waals surface area contributed by atoms with Gasteiger partial charge in [-0.15, -0.1) is 0 Å². The molecule has 1 nitrogen and oxygen atoms in total. The van der Waals surface area contributed by atoms with Gasteiger partial charge >= 0.3 is 0 Å². The first-order valence-electron chi connectivity index (χ1n) is 10.4. The second-order valence-electron chi connectivity index (χ2n) is 7.66.